The van der Waals surface area contributed by atoms with Crippen molar-refractivity contribution in [2.75, 3.05) is 25.2 Å². The van der Waals surface area contributed by atoms with E-state index in [1.54, 1.807) is 33.0 Å². The second kappa shape index (κ2) is 5.37. The molecular formula is C17H19NO5. The van der Waals surface area contributed by atoms with Gasteiger partial charge in [-0.1, -0.05) is 18.2 Å². The van der Waals surface area contributed by atoms with E-state index >= 15 is 0 Å². The molecule has 6 heteroatoms. The summed E-state index contributed by atoms with van der Waals surface area (Å²) in [6, 6.07) is 7.23. The first-order valence-corrected chi connectivity index (χ1v) is 7.72. The van der Waals surface area contributed by atoms with Crippen LogP contribution in [0.2, 0.25) is 0 Å². The van der Waals surface area contributed by atoms with Crippen molar-refractivity contribution in [1.29, 1.82) is 0 Å². The maximum atomic E-state index is 12.9. The Kier molecular flexibility index (Phi) is 3.62. The lowest BCUT2D eigenvalue weighted by Gasteiger charge is -2.11. The van der Waals surface area contributed by atoms with Gasteiger partial charge in [0.15, 0.2) is 0 Å². The van der Waals surface area contributed by atoms with Crippen LogP contribution in [0.15, 0.2) is 24.3 Å². The van der Waals surface area contributed by atoms with Gasteiger partial charge in [-0.05, 0) is 25.5 Å². The van der Waals surface area contributed by atoms with E-state index in [0.29, 0.717) is 5.56 Å². The van der Waals surface area contributed by atoms with E-state index in [9.17, 15) is 14.4 Å². The number of benzene rings is 1. The molecule has 2 atom stereocenters. The van der Waals surface area contributed by atoms with Gasteiger partial charge in [0.25, 0.3) is 0 Å². The Labute approximate surface area is 134 Å². The zero-order valence-electron chi connectivity index (χ0n) is 13.4. The highest BCUT2D eigenvalue weighted by atomic mass is 16.5. The summed E-state index contributed by atoms with van der Waals surface area (Å²) in [5.74, 6) is -2.94. The minimum absolute atomic E-state index is 0.201. The maximum absolute atomic E-state index is 12.9. The maximum Gasteiger partial charge on any atom is 0.311 e. The summed E-state index contributed by atoms with van der Waals surface area (Å²) >= 11 is 0. The number of para-hydroxylation sites is 1. The van der Waals surface area contributed by atoms with Crippen LogP contribution in [-0.2, 0) is 29.3 Å². The number of amides is 1. The van der Waals surface area contributed by atoms with Crippen molar-refractivity contribution in [2.45, 2.75) is 19.3 Å². The van der Waals surface area contributed by atoms with Crippen molar-refractivity contribution in [3.8, 4) is 0 Å². The molecule has 3 rings (SSSR count). The van der Waals surface area contributed by atoms with Crippen LogP contribution >= 0.6 is 0 Å². The lowest BCUT2D eigenvalue weighted by molar-refractivity contribution is -0.150. The van der Waals surface area contributed by atoms with Gasteiger partial charge in [-0.15, -0.1) is 0 Å². The largest absolute Gasteiger partial charge is 0.466 e. The Morgan fingerprint density at radius 2 is 1.61 bits per heavy atom. The number of rotatable bonds is 4. The van der Waals surface area contributed by atoms with Crippen LogP contribution in [0.3, 0.4) is 0 Å². The summed E-state index contributed by atoms with van der Waals surface area (Å²) in [5, 5.41) is 0. The minimum atomic E-state index is -1.18. The monoisotopic (exact) mass is 317 g/mol. The van der Waals surface area contributed by atoms with Gasteiger partial charge in [-0.25, -0.2) is 0 Å². The molecule has 1 aliphatic carbocycles. The molecule has 1 aromatic rings. The third-order valence-electron chi connectivity index (χ3n) is 4.66. The zero-order valence-corrected chi connectivity index (χ0v) is 13.4. The molecule has 6 nitrogen and oxygen atoms in total. The fourth-order valence-electron chi connectivity index (χ4n) is 3.72. The lowest BCUT2D eigenvalue weighted by atomic mass is 9.93. The number of esters is 2. The molecule has 0 aromatic heterocycles. The molecule has 1 saturated carbocycles. The first kappa shape index (κ1) is 15.5. The van der Waals surface area contributed by atoms with Gasteiger partial charge in [-0.2, -0.15) is 0 Å². The highest BCUT2D eigenvalue weighted by Crippen LogP contribution is 2.66. The Hall–Kier alpha value is -2.37. The van der Waals surface area contributed by atoms with Crippen LogP contribution in [0, 0.1) is 11.8 Å². The second-order valence-electron chi connectivity index (χ2n) is 5.71. The molecule has 2 aliphatic rings. The van der Waals surface area contributed by atoms with E-state index in [-0.39, 0.29) is 19.1 Å². The first-order valence-electron chi connectivity index (χ1n) is 7.72. The van der Waals surface area contributed by atoms with Crippen LogP contribution in [0.4, 0.5) is 5.69 Å². The van der Waals surface area contributed by atoms with Crippen molar-refractivity contribution in [3.05, 3.63) is 29.8 Å². The summed E-state index contributed by atoms with van der Waals surface area (Å²) in [4.78, 5) is 39.1. The van der Waals surface area contributed by atoms with E-state index in [1.807, 2.05) is 12.1 Å². The van der Waals surface area contributed by atoms with Crippen molar-refractivity contribution in [1.82, 2.24) is 0 Å². The van der Waals surface area contributed by atoms with Crippen LogP contribution in [0.5, 0.6) is 0 Å². The predicted molar refractivity (Wildman–Crippen MR) is 81.8 cm³/mol. The standard InChI is InChI=1S/C17H19NO5/c1-4-22-14(19)12-13(15(20)23-5-2)17(12)10-8-6-7-9-11(10)18(3)16(17)21/h6-9,12-13H,4-5H2,1-3H3/t12-,13-/m1/s1. The third-order valence-corrected chi connectivity index (χ3v) is 4.66. The van der Waals surface area contributed by atoms with Crippen molar-refractivity contribution >= 4 is 23.5 Å². The quantitative estimate of drug-likeness (QED) is 0.782. The van der Waals surface area contributed by atoms with Gasteiger partial charge in [0.1, 0.15) is 5.41 Å². The molecule has 1 aromatic carbocycles. The molecular weight excluding hydrogens is 298 g/mol. The molecule has 0 saturated heterocycles. The molecule has 0 bridgehead atoms. The molecule has 0 radical (unpaired) electrons. The zero-order chi connectivity index (χ0) is 16.8. The van der Waals surface area contributed by atoms with Crippen LogP contribution < -0.4 is 4.90 Å². The van der Waals surface area contributed by atoms with Crippen LogP contribution in [0.25, 0.3) is 0 Å². The van der Waals surface area contributed by atoms with E-state index in [0.717, 1.165) is 5.69 Å². The van der Waals surface area contributed by atoms with Crippen molar-refractivity contribution in [2.24, 2.45) is 11.8 Å². The van der Waals surface area contributed by atoms with Crippen LogP contribution in [-0.4, -0.2) is 38.1 Å². The average Bonchev–Trinajstić information content (AvgIpc) is 3.20. The Balaban J connectivity index is 2.09. The van der Waals surface area contributed by atoms with Gasteiger partial charge in [0.2, 0.25) is 5.91 Å². The topological polar surface area (TPSA) is 72.9 Å². The van der Waals surface area contributed by atoms with E-state index in [1.165, 1.54) is 4.90 Å². The smallest absolute Gasteiger partial charge is 0.311 e. The van der Waals surface area contributed by atoms with Gasteiger partial charge in [-0.3, -0.25) is 14.4 Å². The summed E-state index contributed by atoms with van der Waals surface area (Å²) in [6.45, 7) is 3.80. The molecule has 0 N–H and O–H groups in total. The van der Waals surface area contributed by atoms with Gasteiger partial charge in [0.05, 0.1) is 25.0 Å². The summed E-state index contributed by atoms with van der Waals surface area (Å²) in [6.07, 6.45) is 0. The fraction of sp³-hybridized carbons (Fsp3) is 0.471. The molecule has 1 amide bonds. The van der Waals surface area contributed by atoms with Crippen molar-refractivity contribution < 1.29 is 23.9 Å². The minimum Gasteiger partial charge on any atom is -0.466 e. The number of fused-ring (bicyclic) bond motifs is 2. The number of nitrogens with zero attached hydrogens (tertiary/aromatic N) is 1. The molecule has 1 spiro atoms. The number of hydrogen-bond donors (Lipinski definition) is 0. The summed E-state index contributed by atoms with van der Waals surface area (Å²) in [5.41, 5.74) is 0.242. The fourth-order valence-corrected chi connectivity index (χ4v) is 3.72. The molecule has 1 fully saturated rings. The van der Waals surface area contributed by atoms with E-state index < -0.39 is 29.2 Å². The summed E-state index contributed by atoms with van der Waals surface area (Å²) < 4.78 is 10.2. The normalized spacial score (nSPS) is 27.8. The number of likely N-dealkylation sites (N-methyl/N-ethyl adjacent to an activating group) is 1. The second-order valence-corrected chi connectivity index (χ2v) is 5.71. The number of carbonyl (C=O) groups is 3. The molecule has 1 heterocycles. The van der Waals surface area contributed by atoms with Crippen molar-refractivity contribution in [3.63, 3.8) is 0 Å². The molecule has 122 valence electrons. The Bertz CT molecular complexity index is 659. The number of anilines is 1. The van der Waals surface area contributed by atoms with E-state index in [2.05, 4.69) is 0 Å². The van der Waals surface area contributed by atoms with Gasteiger partial charge in [0, 0.05) is 12.7 Å². The molecule has 0 unspecified atom stereocenters. The summed E-state index contributed by atoms with van der Waals surface area (Å²) in [7, 11) is 1.65. The molecule has 1 aliphatic heterocycles. The Morgan fingerprint density at radius 1 is 1.09 bits per heavy atom. The Morgan fingerprint density at radius 3 is 2.13 bits per heavy atom. The third kappa shape index (κ3) is 1.90. The van der Waals surface area contributed by atoms with E-state index in [4.69, 9.17) is 9.47 Å². The van der Waals surface area contributed by atoms with Gasteiger partial charge < -0.3 is 14.4 Å². The predicted octanol–water partition coefficient (Wildman–Crippen LogP) is 1.27. The first-order chi connectivity index (χ1) is 11.0. The average molecular weight is 317 g/mol. The SMILES string of the molecule is CCOC(=O)[C@H]1[C@H](C(=O)OCC)C12C(=O)N(C)c1ccccc12. The number of hydrogen-bond acceptors (Lipinski definition) is 5. The highest BCUT2D eigenvalue weighted by molar-refractivity contribution is 6.17. The molecule has 23 heavy (non-hydrogen) atoms. The number of carbonyl (C=O) groups excluding carboxylic acids is 3. The van der Waals surface area contributed by atoms with Crippen LogP contribution in [0.1, 0.15) is 19.4 Å². The lowest BCUT2D eigenvalue weighted by Crippen LogP contribution is -2.32. The number of ether oxygens (including phenoxy) is 2. The van der Waals surface area contributed by atoms with Gasteiger partial charge >= 0.3 is 11.9 Å². The highest BCUT2D eigenvalue weighted by Gasteiger charge is 2.81.